The maximum atomic E-state index is 12.6. The van der Waals surface area contributed by atoms with Crippen molar-refractivity contribution in [2.45, 2.75) is 4.90 Å². The Morgan fingerprint density at radius 1 is 0.848 bits per heavy atom. The molecule has 172 valence electrons. The summed E-state index contributed by atoms with van der Waals surface area (Å²) in [5.74, 6) is 1.56. The molecule has 0 amide bonds. The maximum Gasteiger partial charge on any atom is 0.270 e. The molecule has 0 bridgehead atoms. The molecule has 0 unspecified atom stereocenters. The first kappa shape index (κ1) is 23.6. The number of nitro groups is 1. The van der Waals surface area contributed by atoms with Gasteiger partial charge in [-0.1, -0.05) is 30.4 Å². The van der Waals surface area contributed by atoms with Crippen LogP contribution in [0.2, 0.25) is 0 Å². The lowest BCUT2D eigenvalue weighted by Crippen LogP contribution is -2.13. The van der Waals surface area contributed by atoms with Crippen LogP contribution < -0.4 is 18.9 Å². The van der Waals surface area contributed by atoms with E-state index in [-0.39, 0.29) is 10.6 Å². The van der Waals surface area contributed by atoms with Crippen LogP contribution in [0.1, 0.15) is 11.1 Å². The Labute approximate surface area is 191 Å². The molecule has 0 saturated heterocycles. The molecule has 0 radical (unpaired) electrons. The van der Waals surface area contributed by atoms with Gasteiger partial charge in [-0.25, -0.2) is 8.42 Å². The second kappa shape index (κ2) is 10.0. The minimum Gasteiger partial charge on any atom is -0.493 e. The van der Waals surface area contributed by atoms with Crippen molar-refractivity contribution in [3.63, 3.8) is 0 Å². The van der Waals surface area contributed by atoms with E-state index in [1.165, 1.54) is 39.5 Å². The van der Waals surface area contributed by atoms with Gasteiger partial charge in [0.25, 0.3) is 15.7 Å². The van der Waals surface area contributed by atoms with E-state index in [0.717, 1.165) is 17.2 Å². The predicted octanol–water partition coefficient (Wildman–Crippen LogP) is 4.59. The number of benzene rings is 3. The van der Waals surface area contributed by atoms with E-state index in [9.17, 15) is 18.5 Å². The number of sulfonamides is 1. The second-order valence-corrected chi connectivity index (χ2v) is 8.46. The van der Waals surface area contributed by atoms with E-state index in [2.05, 4.69) is 4.72 Å². The standard InChI is InChI=1S/C23H22N2O7S/c1-30-21-13-17(14-22(31-2)23(21)32-3)8-7-16-9-11-18(12-10-16)24-33(28,29)20-6-4-5-19(15-20)25(26)27/h4-15,24H,1-3H3. The fourth-order valence-electron chi connectivity index (χ4n) is 3.03. The van der Waals surface area contributed by atoms with Gasteiger partial charge in [0.2, 0.25) is 5.75 Å². The van der Waals surface area contributed by atoms with E-state index < -0.39 is 14.9 Å². The first-order chi connectivity index (χ1) is 15.8. The van der Waals surface area contributed by atoms with Gasteiger partial charge < -0.3 is 14.2 Å². The van der Waals surface area contributed by atoms with Gasteiger partial charge in [-0.05, 0) is 41.5 Å². The maximum absolute atomic E-state index is 12.6. The second-order valence-electron chi connectivity index (χ2n) is 6.77. The number of nitro benzene ring substituents is 1. The Hall–Kier alpha value is -4.05. The molecule has 0 saturated carbocycles. The highest BCUT2D eigenvalue weighted by atomic mass is 32.2. The van der Waals surface area contributed by atoms with Crippen LogP contribution in [0.15, 0.2) is 65.6 Å². The first-order valence-electron chi connectivity index (χ1n) is 9.63. The van der Waals surface area contributed by atoms with Crippen molar-refractivity contribution in [1.82, 2.24) is 0 Å². The molecule has 3 rings (SSSR count). The molecule has 9 nitrogen and oxygen atoms in total. The van der Waals surface area contributed by atoms with E-state index in [0.29, 0.717) is 22.9 Å². The molecule has 0 aliphatic rings. The summed E-state index contributed by atoms with van der Waals surface area (Å²) in [6.07, 6.45) is 3.70. The minimum absolute atomic E-state index is 0.192. The fraction of sp³-hybridized carbons (Fsp3) is 0.130. The van der Waals surface area contributed by atoms with Crippen molar-refractivity contribution in [3.8, 4) is 17.2 Å². The van der Waals surface area contributed by atoms with Crippen molar-refractivity contribution in [3.05, 3.63) is 81.9 Å². The molecule has 0 aliphatic carbocycles. The number of hydrogen-bond acceptors (Lipinski definition) is 7. The van der Waals surface area contributed by atoms with Crippen LogP contribution in [0.25, 0.3) is 12.2 Å². The molecule has 3 aromatic carbocycles. The first-order valence-corrected chi connectivity index (χ1v) is 11.1. The summed E-state index contributed by atoms with van der Waals surface area (Å²) < 4.78 is 43.6. The smallest absolute Gasteiger partial charge is 0.270 e. The monoisotopic (exact) mass is 470 g/mol. The molecule has 33 heavy (non-hydrogen) atoms. The van der Waals surface area contributed by atoms with E-state index in [1.54, 1.807) is 36.4 Å². The Morgan fingerprint density at radius 3 is 2.00 bits per heavy atom. The quantitative estimate of drug-likeness (QED) is 0.276. The molecule has 1 N–H and O–H groups in total. The zero-order valence-corrected chi connectivity index (χ0v) is 19.0. The van der Waals surface area contributed by atoms with Crippen molar-refractivity contribution in [2.24, 2.45) is 0 Å². The lowest BCUT2D eigenvalue weighted by atomic mass is 10.1. The van der Waals surface area contributed by atoms with Gasteiger partial charge in [0, 0.05) is 17.8 Å². The zero-order valence-electron chi connectivity index (χ0n) is 18.1. The summed E-state index contributed by atoms with van der Waals surface area (Å²) >= 11 is 0. The summed E-state index contributed by atoms with van der Waals surface area (Å²) in [5, 5.41) is 10.9. The summed E-state index contributed by atoms with van der Waals surface area (Å²) in [6, 6.07) is 15.1. The molecule has 0 fully saturated rings. The number of methoxy groups -OCH3 is 3. The van der Waals surface area contributed by atoms with Crippen LogP contribution >= 0.6 is 0 Å². The molecule has 0 aromatic heterocycles. The minimum atomic E-state index is -3.97. The largest absolute Gasteiger partial charge is 0.493 e. The molecular formula is C23H22N2O7S. The zero-order chi connectivity index (χ0) is 24.0. The number of nitrogens with zero attached hydrogens (tertiary/aromatic N) is 1. The molecule has 10 heteroatoms. The third-order valence-electron chi connectivity index (χ3n) is 4.66. The molecule has 3 aromatic rings. The normalized spacial score (nSPS) is 11.2. The van der Waals surface area contributed by atoms with Crippen LogP contribution in [-0.4, -0.2) is 34.7 Å². The van der Waals surface area contributed by atoms with Crippen LogP contribution in [-0.2, 0) is 10.0 Å². The average Bonchev–Trinajstić information content (AvgIpc) is 2.82. The van der Waals surface area contributed by atoms with Gasteiger partial charge in [0.05, 0.1) is 31.1 Å². The van der Waals surface area contributed by atoms with Gasteiger partial charge in [0.15, 0.2) is 11.5 Å². The number of ether oxygens (including phenoxy) is 3. The van der Waals surface area contributed by atoms with E-state index >= 15 is 0 Å². The van der Waals surface area contributed by atoms with E-state index in [1.807, 2.05) is 12.2 Å². The topological polar surface area (TPSA) is 117 Å². The van der Waals surface area contributed by atoms with Gasteiger partial charge in [-0.2, -0.15) is 0 Å². The lowest BCUT2D eigenvalue weighted by molar-refractivity contribution is -0.385. The van der Waals surface area contributed by atoms with Crippen LogP contribution in [0.4, 0.5) is 11.4 Å². The highest BCUT2D eigenvalue weighted by Gasteiger charge is 2.17. The lowest BCUT2D eigenvalue weighted by Gasteiger charge is -2.12. The van der Waals surface area contributed by atoms with Crippen molar-refractivity contribution in [1.29, 1.82) is 0 Å². The number of hydrogen-bond donors (Lipinski definition) is 1. The van der Waals surface area contributed by atoms with Crippen LogP contribution in [0.5, 0.6) is 17.2 Å². The highest BCUT2D eigenvalue weighted by Crippen LogP contribution is 2.38. The Kier molecular flexibility index (Phi) is 7.19. The Bertz CT molecular complexity index is 1260. The third-order valence-corrected chi connectivity index (χ3v) is 6.04. The molecule has 0 atom stereocenters. The number of rotatable bonds is 9. The summed E-state index contributed by atoms with van der Waals surface area (Å²) in [6.45, 7) is 0. The predicted molar refractivity (Wildman–Crippen MR) is 125 cm³/mol. The Balaban J connectivity index is 1.78. The van der Waals surface area contributed by atoms with Crippen molar-refractivity contribution >= 4 is 33.6 Å². The van der Waals surface area contributed by atoms with Crippen molar-refractivity contribution in [2.75, 3.05) is 26.1 Å². The highest BCUT2D eigenvalue weighted by molar-refractivity contribution is 7.92. The van der Waals surface area contributed by atoms with Gasteiger partial charge in [-0.3, -0.25) is 14.8 Å². The van der Waals surface area contributed by atoms with Crippen LogP contribution in [0.3, 0.4) is 0 Å². The average molecular weight is 471 g/mol. The Morgan fingerprint density at radius 2 is 1.45 bits per heavy atom. The fourth-order valence-corrected chi connectivity index (χ4v) is 4.13. The summed E-state index contributed by atoms with van der Waals surface area (Å²) in [5.41, 5.74) is 1.67. The third kappa shape index (κ3) is 5.60. The summed E-state index contributed by atoms with van der Waals surface area (Å²) in [4.78, 5) is 10.1. The summed E-state index contributed by atoms with van der Waals surface area (Å²) in [7, 11) is 0.641. The van der Waals surface area contributed by atoms with Gasteiger partial charge >= 0.3 is 0 Å². The number of anilines is 1. The molecular weight excluding hydrogens is 448 g/mol. The number of non-ortho nitro benzene ring substituents is 1. The van der Waals surface area contributed by atoms with Gasteiger partial charge in [-0.15, -0.1) is 0 Å². The van der Waals surface area contributed by atoms with Crippen LogP contribution in [0, 0.1) is 10.1 Å². The molecule has 0 aliphatic heterocycles. The van der Waals surface area contributed by atoms with E-state index in [4.69, 9.17) is 14.2 Å². The molecule has 0 spiro atoms. The number of nitrogens with one attached hydrogen (secondary N) is 1. The van der Waals surface area contributed by atoms with Crippen molar-refractivity contribution < 1.29 is 27.6 Å². The molecule has 0 heterocycles. The SMILES string of the molecule is COc1cc(C=Cc2ccc(NS(=O)(=O)c3cccc([N+](=O)[O-])c3)cc2)cc(OC)c1OC. The van der Waals surface area contributed by atoms with Gasteiger partial charge in [0.1, 0.15) is 0 Å².